The lowest BCUT2D eigenvalue weighted by Gasteiger charge is -2.20. The largest absolute Gasteiger partial charge is 0.493 e. The maximum atomic E-state index is 13.1. The van der Waals surface area contributed by atoms with Gasteiger partial charge in [0.1, 0.15) is 17.2 Å². The molecule has 0 radical (unpaired) electrons. The van der Waals surface area contributed by atoms with Crippen molar-refractivity contribution in [3.63, 3.8) is 0 Å². The summed E-state index contributed by atoms with van der Waals surface area (Å²) in [6, 6.07) is 11.7. The fourth-order valence-corrected chi connectivity index (χ4v) is 4.58. The molecule has 0 bridgehead atoms. The molecule has 2 aliphatic rings. The molecule has 0 amide bonds. The number of fused-ring (bicyclic) bond motifs is 2. The lowest BCUT2D eigenvalue weighted by atomic mass is 10.0. The highest BCUT2D eigenvalue weighted by Crippen LogP contribution is 2.41. The second-order valence-electron chi connectivity index (χ2n) is 8.06. The highest BCUT2D eigenvalue weighted by atomic mass is 79.9. The molecule has 8 nitrogen and oxygen atoms in total. The van der Waals surface area contributed by atoms with Crippen LogP contribution in [0, 0.1) is 6.92 Å². The zero-order valence-electron chi connectivity index (χ0n) is 19.7. The van der Waals surface area contributed by atoms with Crippen molar-refractivity contribution in [1.29, 1.82) is 0 Å². The van der Waals surface area contributed by atoms with E-state index in [2.05, 4.69) is 15.9 Å². The summed E-state index contributed by atoms with van der Waals surface area (Å²) in [4.78, 5) is 25.9. The highest BCUT2D eigenvalue weighted by Gasteiger charge is 2.31. The van der Waals surface area contributed by atoms with Gasteiger partial charge in [-0.05, 0) is 55.5 Å². The second-order valence-corrected chi connectivity index (χ2v) is 8.97. The maximum Gasteiger partial charge on any atom is 0.343 e. The Hall–Kier alpha value is -3.82. The van der Waals surface area contributed by atoms with Gasteiger partial charge in [0.05, 0.1) is 32.0 Å². The van der Waals surface area contributed by atoms with Crippen LogP contribution in [-0.4, -0.2) is 32.8 Å². The van der Waals surface area contributed by atoms with E-state index in [9.17, 15) is 9.59 Å². The Balaban J connectivity index is 1.42. The summed E-state index contributed by atoms with van der Waals surface area (Å²) in [6.07, 6.45) is 1.64. The van der Waals surface area contributed by atoms with Crippen LogP contribution in [0.2, 0.25) is 0 Å². The number of carbonyl (C=O) groups is 2. The molecule has 0 saturated heterocycles. The molecule has 3 aromatic carbocycles. The van der Waals surface area contributed by atoms with Gasteiger partial charge in [-0.3, -0.25) is 4.79 Å². The van der Waals surface area contributed by atoms with E-state index in [1.165, 1.54) is 20.3 Å². The summed E-state index contributed by atoms with van der Waals surface area (Å²) < 4.78 is 33.9. The van der Waals surface area contributed by atoms with Crippen LogP contribution < -0.4 is 23.7 Å². The average molecular weight is 553 g/mol. The van der Waals surface area contributed by atoms with Gasteiger partial charge in [0.2, 0.25) is 5.78 Å². The molecule has 36 heavy (non-hydrogen) atoms. The third kappa shape index (κ3) is 4.31. The van der Waals surface area contributed by atoms with Gasteiger partial charge in [-0.15, -0.1) is 0 Å². The lowest BCUT2D eigenvalue weighted by molar-refractivity contribution is -0.0165. The van der Waals surface area contributed by atoms with Crippen molar-refractivity contribution in [1.82, 2.24) is 0 Å². The second kappa shape index (κ2) is 9.67. The Morgan fingerprint density at radius 3 is 2.56 bits per heavy atom. The highest BCUT2D eigenvalue weighted by molar-refractivity contribution is 9.10. The SMILES string of the molecule is COc1ccc(C(=O)Oc2ccc3c(c2C)O/C(=C\c2cc(Br)cc4c2OCOC4)C3=O)cc1OC. The Morgan fingerprint density at radius 1 is 1.00 bits per heavy atom. The van der Waals surface area contributed by atoms with E-state index in [0.29, 0.717) is 46.3 Å². The summed E-state index contributed by atoms with van der Waals surface area (Å²) in [6.45, 7) is 2.27. The van der Waals surface area contributed by atoms with Crippen LogP contribution in [0.25, 0.3) is 6.08 Å². The van der Waals surface area contributed by atoms with Crippen LogP contribution in [0.15, 0.2) is 52.7 Å². The molecule has 2 heterocycles. The van der Waals surface area contributed by atoms with E-state index in [1.807, 2.05) is 12.1 Å². The first-order chi connectivity index (χ1) is 17.4. The molecule has 0 aromatic heterocycles. The van der Waals surface area contributed by atoms with E-state index in [1.54, 1.807) is 37.3 Å². The van der Waals surface area contributed by atoms with Crippen LogP contribution in [0.4, 0.5) is 0 Å². The molecule has 0 aliphatic carbocycles. The van der Waals surface area contributed by atoms with Crippen molar-refractivity contribution in [2.24, 2.45) is 0 Å². The number of methoxy groups -OCH3 is 2. The smallest absolute Gasteiger partial charge is 0.343 e. The van der Waals surface area contributed by atoms with E-state index in [-0.39, 0.29) is 29.6 Å². The van der Waals surface area contributed by atoms with Crippen molar-refractivity contribution in [2.45, 2.75) is 13.5 Å². The monoisotopic (exact) mass is 552 g/mol. The van der Waals surface area contributed by atoms with Gasteiger partial charge in [0, 0.05) is 21.2 Å². The first-order valence-corrected chi connectivity index (χ1v) is 11.7. The van der Waals surface area contributed by atoms with Crippen molar-refractivity contribution in [3.05, 3.63) is 80.5 Å². The fourth-order valence-electron chi connectivity index (χ4n) is 4.06. The van der Waals surface area contributed by atoms with Gasteiger partial charge in [0.25, 0.3) is 0 Å². The minimum atomic E-state index is -0.584. The van der Waals surface area contributed by atoms with Crippen LogP contribution >= 0.6 is 15.9 Å². The first-order valence-electron chi connectivity index (χ1n) is 10.9. The molecule has 0 N–H and O–H groups in total. The number of hydrogen-bond acceptors (Lipinski definition) is 8. The molecule has 0 fully saturated rings. The predicted molar refractivity (Wildman–Crippen MR) is 133 cm³/mol. The van der Waals surface area contributed by atoms with Gasteiger partial charge in [-0.2, -0.15) is 0 Å². The van der Waals surface area contributed by atoms with E-state index >= 15 is 0 Å². The molecule has 0 atom stereocenters. The van der Waals surface area contributed by atoms with Crippen LogP contribution in [0.1, 0.15) is 37.4 Å². The molecule has 184 valence electrons. The normalized spacial score (nSPS) is 15.0. The molecular weight excluding hydrogens is 532 g/mol. The third-order valence-corrected chi connectivity index (χ3v) is 6.31. The van der Waals surface area contributed by atoms with Crippen LogP contribution in [0.5, 0.6) is 28.7 Å². The topological polar surface area (TPSA) is 89.5 Å². The third-order valence-electron chi connectivity index (χ3n) is 5.85. The minimum absolute atomic E-state index is 0.133. The Bertz CT molecular complexity index is 1430. The van der Waals surface area contributed by atoms with Crippen LogP contribution in [-0.2, 0) is 11.3 Å². The summed E-state index contributed by atoms with van der Waals surface area (Å²) >= 11 is 3.48. The number of Topliss-reactive ketones (excluding diaryl/α,β-unsaturated/α-hetero) is 1. The zero-order chi connectivity index (χ0) is 25.4. The first kappa shape index (κ1) is 23.9. The van der Waals surface area contributed by atoms with E-state index < -0.39 is 5.97 Å². The van der Waals surface area contributed by atoms with Gasteiger partial charge < -0.3 is 28.4 Å². The number of benzene rings is 3. The minimum Gasteiger partial charge on any atom is -0.493 e. The van der Waals surface area contributed by atoms with Gasteiger partial charge in [-0.1, -0.05) is 15.9 Å². The Labute approximate surface area is 215 Å². The Morgan fingerprint density at radius 2 is 1.78 bits per heavy atom. The summed E-state index contributed by atoms with van der Waals surface area (Å²) in [5.41, 5.74) is 2.76. The summed E-state index contributed by atoms with van der Waals surface area (Å²) in [7, 11) is 3.00. The molecule has 0 saturated carbocycles. The number of carbonyl (C=O) groups excluding carboxylic acids is 2. The fraction of sp³-hybridized carbons (Fsp3) is 0.185. The van der Waals surface area contributed by atoms with Crippen molar-refractivity contribution < 1.29 is 38.0 Å². The van der Waals surface area contributed by atoms with E-state index in [4.69, 9.17) is 28.4 Å². The number of halogens is 1. The van der Waals surface area contributed by atoms with Crippen molar-refractivity contribution >= 4 is 33.8 Å². The summed E-state index contributed by atoms with van der Waals surface area (Å²) in [5.74, 6) is 1.47. The molecule has 0 spiro atoms. The van der Waals surface area contributed by atoms with Gasteiger partial charge >= 0.3 is 5.97 Å². The standard InChI is InChI=1S/C27H21BrO8/c1-14-20(36-27(30)15-4-6-21(31-2)22(10-15)32-3)7-5-19-24(29)23(35-25(14)19)11-16-8-18(28)9-17-12-33-13-34-26(16)17/h4-11H,12-13H2,1-3H3/b23-11-. The van der Waals surface area contributed by atoms with Gasteiger partial charge in [-0.25, -0.2) is 4.79 Å². The number of ether oxygens (including phenoxy) is 6. The van der Waals surface area contributed by atoms with Gasteiger partial charge in [0.15, 0.2) is 24.1 Å². The molecule has 9 heteroatoms. The lowest BCUT2D eigenvalue weighted by Crippen LogP contribution is -2.12. The number of ketones is 1. The molecule has 5 rings (SSSR count). The van der Waals surface area contributed by atoms with Crippen molar-refractivity contribution in [2.75, 3.05) is 21.0 Å². The predicted octanol–water partition coefficient (Wildman–Crippen LogP) is 5.48. The summed E-state index contributed by atoms with van der Waals surface area (Å²) in [5, 5.41) is 0. The number of rotatable bonds is 5. The average Bonchev–Trinajstić information content (AvgIpc) is 3.20. The Kier molecular flexibility index (Phi) is 6.42. The maximum absolute atomic E-state index is 13.1. The number of allylic oxidation sites excluding steroid dienone is 1. The number of esters is 1. The molecule has 0 unspecified atom stereocenters. The molecule has 2 aliphatic heterocycles. The molecular formula is C27H21BrO8. The number of hydrogen-bond donors (Lipinski definition) is 0. The van der Waals surface area contributed by atoms with Crippen molar-refractivity contribution in [3.8, 4) is 28.7 Å². The zero-order valence-corrected chi connectivity index (χ0v) is 21.3. The molecule has 3 aromatic rings. The van der Waals surface area contributed by atoms with Crippen LogP contribution in [0.3, 0.4) is 0 Å². The quantitative estimate of drug-likeness (QED) is 0.233. The van der Waals surface area contributed by atoms with E-state index in [0.717, 1.165) is 10.0 Å².